The van der Waals surface area contributed by atoms with E-state index in [-0.39, 0.29) is 12.5 Å². The van der Waals surface area contributed by atoms with Gasteiger partial charge in [-0.2, -0.15) is 5.10 Å². The summed E-state index contributed by atoms with van der Waals surface area (Å²) in [6, 6.07) is 13.2. The number of aryl methyl sites for hydroxylation is 1. The number of halogens is 1. The molecule has 0 unspecified atom stereocenters. The van der Waals surface area contributed by atoms with Gasteiger partial charge in [-0.15, -0.1) is 0 Å². The van der Waals surface area contributed by atoms with E-state index in [9.17, 15) is 4.79 Å². The minimum absolute atomic E-state index is 0.144. The highest BCUT2D eigenvalue weighted by Gasteiger charge is 2.07. The third-order valence-corrected chi connectivity index (χ3v) is 4.44. The van der Waals surface area contributed by atoms with E-state index in [0.717, 1.165) is 22.2 Å². The molecule has 0 bridgehead atoms. The molecule has 2 aromatic carbocycles. The van der Waals surface area contributed by atoms with Crippen LogP contribution in [0.1, 0.15) is 11.3 Å². The van der Waals surface area contributed by atoms with Gasteiger partial charge in [-0.3, -0.25) is 4.79 Å². The zero-order valence-corrected chi connectivity index (χ0v) is 16.0. The van der Waals surface area contributed by atoms with Crippen LogP contribution < -0.4 is 14.9 Å². The van der Waals surface area contributed by atoms with Crippen LogP contribution in [0.2, 0.25) is 0 Å². The lowest BCUT2D eigenvalue weighted by Crippen LogP contribution is -2.24. The van der Waals surface area contributed by atoms with Gasteiger partial charge in [-0.1, -0.05) is 18.2 Å². The van der Waals surface area contributed by atoms with E-state index < -0.39 is 0 Å². The molecule has 26 heavy (non-hydrogen) atoms. The van der Waals surface area contributed by atoms with Crippen LogP contribution in [-0.4, -0.2) is 30.8 Å². The van der Waals surface area contributed by atoms with Crippen molar-refractivity contribution in [2.45, 2.75) is 6.92 Å². The Morgan fingerprint density at radius 1 is 1.31 bits per heavy atom. The molecule has 2 N–H and O–H groups in total. The Balaban J connectivity index is 1.58. The fourth-order valence-electron chi connectivity index (χ4n) is 2.53. The van der Waals surface area contributed by atoms with Gasteiger partial charge in [-0.25, -0.2) is 5.43 Å². The topological polar surface area (TPSA) is 75.7 Å². The van der Waals surface area contributed by atoms with Gasteiger partial charge in [0.05, 0.1) is 17.8 Å². The molecule has 0 aliphatic rings. The van der Waals surface area contributed by atoms with Crippen molar-refractivity contribution in [3.63, 3.8) is 0 Å². The predicted octanol–water partition coefficient (Wildman–Crippen LogP) is 3.78. The maximum absolute atomic E-state index is 11.9. The zero-order valence-electron chi connectivity index (χ0n) is 14.4. The zero-order chi connectivity index (χ0) is 18.5. The predicted molar refractivity (Wildman–Crippen MR) is 105 cm³/mol. The van der Waals surface area contributed by atoms with Gasteiger partial charge < -0.3 is 14.5 Å². The molecule has 0 atom stereocenters. The number of rotatable bonds is 6. The number of hydrogen-bond donors (Lipinski definition) is 2. The van der Waals surface area contributed by atoms with Gasteiger partial charge in [-0.05, 0) is 47.1 Å². The van der Waals surface area contributed by atoms with Crippen LogP contribution in [0.3, 0.4) is 0 Å². The number of hydrogen-bond acceptors (Lipinski definition) is 4. The van der Waals surface area contributed by atoms with Crippen molar-refractivity contribution >= 4 is 39.0 Å². The molecule has 1 aromatic heterocycles. The molecule has 0 fully saturated rings. The highest BCUT2D eigenvalue weighted by Crippen LogP contribution is 2.29. The molecule has 3 rings (SSSR count). The van der Waals surface area contributed by atoms with Crippen molar-refractivity contribution in [1.82, 2.24) is 10.4 Å². The smallest absolute Gasteiger partial charge is 0.277 e. The van der Waals surface area contributed by atoms with Crippen LogP contribution in [0.4, 0.5) is 0 Å². The molecule has 0 saturated carbocycles. The highest BCUT2D eigenvalue weighted by atomic mass is 79.9. The van der Waals surface area contributed by atoms with Crippen molar-refractivity contribution in [2.75, 3.05) is 13.7 Å². The fraction of sp³-hybridized carbons (Fsp3) is 0.158. The number of fused-ring (bicyclic) bond motifs is 1. The molecular formula is C19H18BrN3O3. The Morgan fingerprint density at radius 2 is 2.12 bits per heavy atom. The summed E-state index contributed by atoms with van der Waals surface area (Å²) in [5, 5.41) is 5.09. The summed E-state index contributed by atoms with van der Waals surface area (Å²) in [7, 11) is 1.59. The number of carbonyl (C=O) groups is 1. The van der Waals surface area contributed by atoms with Crippen LogP contribution >= 0.6 is 15.9 Å². The quantitative estimate of drug-likeness (QED) is 0.475. The van der Waals surface area contributed by atoms with Crippen molar-refractivity contribution in [2.24, 2.45) is 5.10 Å². The first-order chi connectivity index (χ1) is 12.6. The summed E-state index contributed by atoms with van der Waals surface area (Å²) in [4.78, 5) is 15.2. The Kier molecular flexibility index (Phi) is 5.58. The summed E-state index contributed by atoms with van der Waals surface area (Å²) in [5.41, 5.74) is 5.44. The molecule has 1 amide bonds. The number of amides is 1. The summed E-state index contributed by atoms with van der Waals surface area (Å²) in [6.45, 7) is 1.82. The Morgan fingerprint density at radius 3 is 2.88 bits per heavy atom. The summed E-state index contributed by atoms with van der Waals surface area (Å²) < 4.78 is 11.3. The molecule has 0 spiro atoms. The van der Waals surface area contributed by atoms with Crippen molar-refractivity contribution < 1.29 is 14.3 Å². The number of para-hydroxylation sites is 1. The fourth-order valence-corrected chi connectivity index (χ4v) is 3.01. The second-order valence-corrected chi connectivity index (χ2v) is 6.44. The van der Waals surface area contributed by atoms with Gasteiger partial charge in [0.25, 0.3) is 5.91 Å². The van der Waals surface area contributed by atoms with E-state index in [1.165, 1.54) is 0 Å². The lowest BCUT2D eigenvalue weighted by Gasteiger charge is -2.08. The first-order valence-electron chi connectivity index (χ1n) is 7.94. The van der Waals surface area contributed by atoms with Gasteiger partial charge in [0.15, 0.2) is 6.61 Å². The summed E-state index contributed by atoms with van der Waals surface area (Å²) >= 11 is 3.38. The maximum Gasteiger partial charge on any atom is 0.277 e. The average Bonchev–Trinajstić information content (AvgIpc) is 2.96. The molecular weight excluding hydrogens is 398 g/mol. The highest BCUT2D eigenvalue weighted by molar-refractivity contribution is 9.10. The number of benzene rings is 2. The Hall–Kier alpha value is -2.80. The number of hydrazone groups is 1. The van der Waals surface area contributed by atoms with Crippen LogP contribution in [0, 0.1) is 6.92 Å². The second kappa shape index (κ2) is 8.05. The molecule has 0 saturated heterocycles. The normalized spacial score (nSPS) is 11.0. The first-order valence-corrected chi connectivity index (χ1v) is 8.73. The van der Waals surface area contributed by atoms with Crippen molar-refractivity contribution in [3.8, 4) is 11.5 Å². The second-order valence-electron chi connectivity index (χ2n) is 5.59. The van der Waals surface area contributed by atoms with Crippen molar-refractivity contribution in [1.29, 1.82) is 0 Å². The lowest BCUT2D eigenvalue weighted by atomic mass is 10.1. The Bertz CT molecular complexity index is 966. The minimum Gasteiger partial charge on any atom is -0.497 e. The monoisotopic (exact) mass is 415 g/mol. The molecule has 1 heterocycles. The number of nitrogens with one attached hydrogen (secondary N) is 2. The van der Waals surface area contributed by atoms with Gasteiger partial charge in [0.2, 0.25) is 0 Å². The van der Waals surface area contributed by atoms with E-state index >= 15 is 0 Å². The summed E-state index contributed by atoms with van der Waals surface area (Å²) in [5.74, 6) is 0.909. The molecule has 0 aliphatic heterocycles. The number of ether oxygens (including phenoxy) is 2. The molecule has 0 aliphatic carbocycles. The largest absolute Gasteiger partial charge is 0.497 e. The van der Waals surface area contributed by atoms with Crippen LogP contribution in [0.25, 0.3) is 10.9 Å². The van der Waals surface area contributed by atoms with E-state index in [2.05, 4.69) is 31.4 Å². The average molecular weight is 416 g/mol. The molecule has 0 radical (unpaired) electrons. The SMILES string of the molecule is COc1ccc(OCC(=O)NN=Cc2c(C)[nH]c3ccccc23)c(Br)c1. The number of nitrogens with zero attached hydrogens (tertiary/aromatic N) is 1. The van der Waals surface area contributed by atoms with Gasteiger partial charge in [0, 0.05) is 22.2 Å². The van der Waals surface area contributed by atoms with E-state index in [4.69, 9.17) is 9.47 Å². The first kappa shape index (κ1) is 18.0. The van der Waals surface area contributed by atoms with E-state index in [0.29, 0.717) is 16.0 Å². The number of methoxy groups -OCH3 is 1. The van der Waals surface area contributed by atoms with E-state index in [1.54, 1.807) is 31.5 Å². The molecule has 134 valence electrons. The van der Waals surface area contributed by atoms with Crippen LogP contribution in [0.15, 0.2) is 52.0 Å². The summed E-state index contributed by atoms with van der Waals surface area (Å²) in [6.07, 6.45) is 1.63. The standard InChI is InChI=1S/C19H18BrN3O3/c1-12-15(14-5-3-4-6-17(14)22-12)10-21-23-19(24)11-26-18-8-7-13(25-2)9-16(18)20/h3-10,22H,11H2,1-2H3,(H,23,24). The molecule has 7 heteroatoms. The number of carbonyl (C=O) groups excluding carboxylic acids is 1. The minimum atomic E-state index is -0.346. The maximum atomic E-state index is 11.9. The van der Waals surface area contributed by atoms with Crippen LogP contribution in [-0.2, 0) is 4.79 Å². The third-order valence-electron chi connectivity index (χ3n) is 3.82. The van der Waals surface area contributed by atoms with Crippen LogP contribution in [0.5, 0.6) is 11.5 Å². The number of H-pyrrole nitrogens is 1. The lowest BCUT2D eigenvalue weighted by molar-refractivity contribution is -0.123. The van der Waals surface area contributed by atoms with Crippen molar-refractivity contribution in [3.05, 3.63) is 58.2 Å². The third kappa shape index (κ3) is 4.05. The molecule has 3 aromatic rings. The Labute approximate surface area is 159 Å². The van der Waals surface area contributed by atoms with Gasteiger partial charge >= 0.3 is 0 Å². The van der Waals surface area contributed by atoms with Gasteiger partial charge in [0.1, 0.15) is 11.5 Å². The van der Waals surface area contributed by atoms with E-state index in [1.807, 2.05) is 31.2 Å². The molecule has 6 nitrogen and oxygen atoms in total. The number of aromatic amines is 1. The number of aromatic nitrogens is 1.